The highest BCUT2D eigenvalue weighted by atomic mass is 32.2. The fourth-order valence-electron chi connectivity index (χ4n) is 2.37. The number of nitrogens with one attached hydrogen (secondary N) is 1. The minimum absolute atomic E-state index is 0.685. The number of benzene rings is 2. The topological polar surface area (TPSA) is 40.9 Å². The van der Waals surface area contributed by atoms with Crippen LogP contribution in [-0.2, 0) is 22.6 Å². The Kier molecular flexibility index (Phi) is 2.30. The van der Waals surface area contributed by atoms with E-state index in [1.54, 1.807) is 0 Å². The van der Waals surface area contributed by atoms with Crippen molar-refractivity contribution < 1.29 is 4.21 Å². The van der Waals surface area contributed by atoms with Gasteiger partial charge in [-0.2, -0.15) is 0 Å². The maximum atomic E-state index is 12.7. The molecule has 0 spiro atoms. The molecule has 0 amide bonds. The van der Waals surface area contributed by atoms with Gasteiger partial charge in [-0.1, -0.05) is 36.4 Å². The van der Waals surface area contributed by atoms with Crippen molar-refractivity contribution in [2.45, 2.75) is 22.6 Å². The first kappa shape index (κ1) is 10.5. The molecule has 17 heavy (non-hydrogen) atoms. The van der Waals surface area contributed by atoms with Gasteiger partial charge in [0.1, 0.15) is 9.73 Å². The molecule has 3 rings (SSSR count). The molecule has 2 nitrogen and oxygen atoms in total. The van der Waals surface area contributed by atoms with Gasteiger partial charge in [0, 0.05) is 0 Å². The van der Waals surface area contributed by atoms with E-state index in [-0.39, 0.29) is 0 Å². The van der Waals surface area contributed by atoms with Crippen LogP contribution in [0, 0.1) is 4.78 Å². The molecule has 0 aromatic heterocycles. The second-order valence-corrected chi connectivity index (χ2v) is 6.26. The number of fused-ring (bicyclic) bond motifs is 2. The van der Waals surface area contributed by atoms with E-state index in [2.05, 4.69) is 0 Å². The summed E-state index contributed by atoms with van der Waals surface area (Å²) in [6.07, 6.45) is 1.73. The van der Waals surface area contributed by atoms with Gasteiger partial charge in [-0.15, -0.1) is 0 Å². The summed E-state index contributed by atoms with van der Waals surface area (Å²) in [7, 11) is -2.84. The molecule has 0 radical (unpaired) electrons. The molecular formula is C14H13NOS. The molecule has 1 N–H and O–H groups in total. The molecule has 2 aromatic carbocycles. The first-order valence-electron chi connectivity index (χ1n) is 5.64. The minimum atomic E-state index is -2.84. The molecule has 1 heterocycles. The van der Waals surface area contributed by atoms with Crippen molar-refractivity contribution in [2.24, 2.45) is 0 Å². The van der Waals surface area contributed by atoms with Crippen molar-refractivity contribution in [1.82, 2.24) is 0 Å². The lowest BCUT2D eigenvalue weighted by Crippen LogP contribution is -2.02. The summed E-state index contributed by atoms with van der Waals surface area (Å²) in [6, 6.07) is 15.2. The molecule has 0 aliphatic carbocycles. The zero-order chi connectivity index (χ0) is 11.9. The van der Waals surface area contributed by atoms with Gasteiger partial charge in [-0.25, -0.2) is 8.99 Å². The number of aryl methyl sites for hydroxylation is 2. The van der Waals surface area contributed by atoms with Crippen molar-refractivity contribution in [2.75, 3.05) is 0 Å². The largest absolute Gasteiger partial charge is 0.245 e. The van der Waals surface area contributed by atoms with Crippen molar-refractivity contribution in [3.05, 3.63) is 59.7 Å². The molecule has 0 fully saturated rings. The second kappa shape index (κ2) is 3.70. The van der Waals surface area contributed by atoms with Gasteiger partial charge in [0.15, 0.2) is 0 Å². The Morgan fingerprint density at radius 1 is 0.824 bits per heavy atom. The summed E-state index contributed by atoms with van der Waals surface area (Å²) >= 11 is 0. The van der Waals surface area contributed by atoms with Crippen molar-refractivity contribution in [1.29, 1.82) is 4.78 Å². The van der Waals surface area contributed by atoms with Crippen LogP contribution in [0.3, 0.4) is 0 Å². The fourth-order valence-corrected chi connectivity index (χ4v) is 4.23. The highest BCUT2D eigenvalue weighted by molar-refractivity contribution is 7.92. The third-order valence-corrected chi connectivity index (χ3v) is 5.26. The summed E-state index contributed by atoms with van der Waals surface area (Å²) in [6.45, 7) is 0. The predicted molar refractivity (Wildman–Crippen MR) is 67.7 cm³/mol. The van der Waals surface area contributed by atoms with Gasteiger partial charge in [0.05, 0.1) is 9.79 Å². The number of hydrogen-bond acceptors (Lipinski definition) is 2. The normalized spacial score (nSPS) is 16.7. The highest BCUT2D eigenvalue weighted by Crippen LogP contribution is 2.31. The minimum Gasteiger partial charge on any atom is -0.245 e. The first-order chi connectivity index (χ1) is 8.19. The van der Waals surface area contributed by atoms with Gasteiger partial charge in [-0.3, -0.25) is 0 Å². The van der Waals surface area contributed by atoms with Crippen molar-refractivity contribution >= 4 is 9.73 Å². The molecule has 0 saturated carbocycles. The Bertz CT molecular complexity index is 621. The summed E-state index contributed by atoms with van der Waals surface area (Å²) in [5.74, 6) is 0. The molecule has 2 aromatic rings. The summed E-state index contributed by atoms with van der Waals surface area (Å²) < 4.78 is 21.0. The van der Waals surface area contributed by atoms with Crippen LogP contribution in [0.25, 0.3) is 0 Å². The van der Waals surface area contributed by atoms with Crippen LogP contribution < -0.4 is 0 Å². The monoisotopic (exact) mass is 243 g/mol. The second-order valence-electron chi connectivity index (χ2n) is 4.27. The van der Waals surface area contributed by atoms with E-state index < -0.39 is 9.73 Å². The Morgan fingerprint density at radius 3 is 1.71 bits per heavy atom. The van der Waals surface area contributed by atoms with Crippen LogP contribution in [0.2, 0.25) is 0 Å². The van der Waals surface area contributed by atoms with Crippen LogP contribution in [-0.4, -0.2) is 4.21 Å². The van der Waals surface area contributed by atoms with E-state index in [0.717, 1.165) is 24.0 Å². The third-order valence-electron chi connectivity index (χ3n) is 3.23. The smallest absolute Gasteiger partial charge is 0.102 e. The highest BCUT2D eigenvalue weighted by Gasteiger charge is 2.23. The molecule has 0 atom stereocenters. The third kappa shape index (κ3) is 1.58. The molecule has 1 aliphatic rings. The maximum absolute atomic E-state index is 12.7. The van der Waals surface area contributed by atoms with Gasteiger partial charge in [0.2, 0.25) is 0 Å². The van der Waals surface area contributed by atoms with Crippen LogP contribution >= 0.6 is 0 Å². The zero-order valence-corrected chi connectivity index (χ0v) is 10.2. The lowest BCUT2D eigenvalue weighted by atomic mass is 10.0. The predicted octanol–water partition coefficient (Wildman–Crippen LogP) is 3.25. The van der Waals surface area contributed by atoms with Crippen LogP contribution in [0.5, 0.6) is 0 Å². The van der Waals surface area contributed by atoms with E-state index in [9.17, 15) is 4.21 Å². The molecule has 86 valence electrons. The molecule has 0 unspecified atom stereocenters. The summed E-state index contributed by atoms with van der Waals surface area (Å²) in [5.41, 5.74) is 2.09. The Balaban J connectivity index is 2.35. The Hall–Kier alpha value is -1.61. The van der Waals surface area contributed by atoms with Crippen LogP contribution in [0.4, 0.5) is 0 Å². The van der Waals surface area contributed by atoms with Crippen LogP contribution in [0.1, 0.15) is 11.1 Å². The lowest BCUT2D eigenvalue weighted by molar-refractivity contribution is 0.674. The Morgan fingerprint density at radius 2 is 1.24 bits per heavy atom. The first-order valence-corrected chi connectivity index (χ1v) is 7.20. The fraction of sp³-hybridized carbons (Fsp3) is 0.143. The molecule has 3 heteroatoms. The lowest BCUT2D eigenvalue weighted by Gasteiger charge is -2.10. The Labute approximate surface area is 101 Å². The number of rotatable bonds is 0. The molecule has 1 aliphatic heterocycles. The molecule has 0 bridgehead atoms. The van der Waals surface area contributed by atoms with E-state index in [4.69, 9.17) is 4.78 Å². The van der Waals surface area contributed by atoms with Gasteiger partial charge >= 0.3 is 0 Å². The average molecular weight is 243 g/mol. The van der Waals surface area contributed by atoms with Crippen LogP contribution in [0.15, 0.2) is 58.3 Å². The maximum Gasteiger partial charge on any atom is 0.102 e. The van der Waals surface area contributed by atoms with E-state index in [1.807, 2.05) is 48.5 Å². The summed E-state index contributed by atoms with van der Waals surface area (Å²) in [4.78, 5) is 1.37. The molecular weight excluding hydrogens is 230 g/mol. The van der Waals surface area contributed by atoms with E-state index in [1.165, 1.54) is 0 Å². The van der Waals surface area contributed by atoms with E-state index >= 15 is 0 Å². The van der Waals surface area contributed by atoms with Gasteiger partial charge in [-0.05, 0) is 36.1 Å². The van der Waals surface area contributed by atoms with Crippen molar-refractivity contribution in [3.63, 3.8) is 0 Å². The van der Waals surface area contributed by atoms with E-state index in [0.29, 0.717) is 9.79 Å². The standard InChI is InChI=1S/C14H13NOS/c15-17(16)13-7-3-1-5-11(13)9-10-12-6-2-4-8-14(12)17/h1-8,15H,9-10H2. The van der Waals surface area contributed by atoms with Crippen molar-refractivity contribution in [3.8, 4) is 0 Å². The average Bonchev–Trinajstić information content (AvgIpc) is 2.47. The molecule has 0 saturated heterocycles. The zero-order valence-electron chi connectivity index (χ0n) is 9.35. The van der Waals surface area contributed by atoms with Gasteiger partial charge < -0.3 is 0 Å². The number of hydrogen-bond donors (Lipinski definition) is 1. The SMILES string of the molecule is N=S1(=O)c2ccccc2CCc2ccccc21. The quantitative estimate of drug-likeness (QED) is 0.758. The summed E-state index contributed by atoms with van der Waals surface area (Å²) in [5, 5.41) is 0. The van der Waals surface area contributed by atoms with Gasteiger partial charge in [0.25, 0.3) is 0 Å².